The summed E-state index contributed by atoms with van der Waals surface area (Å²) in [7, 11) is 0. The minimum absolute atomic E-state index is 0.169. The summed E-state index contributed by atoms with van der Waals surface area (Å²) in [5.74, 6) is -0.691. The van der Waals surface area contributed by atoms with Gasteiger partial charge in [-0.15, -0.1) is 0 Å². The number of carboxylic acids is 1. The summed E-state index contributed by atoms with van der Waals surface area (Å²) in [6, 6.07) is 0.351. The highest BCUT2D eigenvalue weighted by molar-refractivity contribution is 5.66. The Morgan fingerprint density at radius 2 is 2.24 bits per heavy atom. The number of hydrogen-bond donors (Lipinski definition) is 2. The zero-order chi connectivity index (χ0) is 12.9. The Kier molecular flexibility index (Phi) is 5.40. The fraction of sp³-hybridized carbons (Fsp3) is 0.923. The third-order valence-corrected chi connectivity index (χ3v) is 3.67. The largest absolute Gasteiger partial charge is 0.481 e. The second-order valence-corrected chi connectivity index (χ2v) is 5.55. The van der Waals surface area contributed by atoms with Crippen LogP contribution in [0.3, 0.4) is 0 Å². The van der Waals surface area contributed by atoms with Crippen LogP contribution in [0.25, 0.3) is 0 Å². The van der Waals surface area contributed by atoms with Crippen molar-refractivity contribution in [3.63, 3.8) is 0 Å². The van der Waals surface area contributed by atoms with Gasteiger partial charge in [-0.3, -0.25) is 9.69 Å². The highest BCUT2D eigenvalue weighted by atomic mass is 16.4. The number of rotatable bonds is 5. The van der Waals surface area contributed by atoms with Gasteiger partial charge in [-0.1, -0.05) is 6.92 Å². The maximum atomic E-state index is 10.7. The molecule has 0 aromatic heterocycles. The van der Waals surface area contributed by atoms with E-state index in [0.29, 0.717) is 6.04 Å². The first-order chi connectivity index (χ1) is 7.97. The van der Waals surface area contributed by atoms with E-state index < -0.39 is 5.97 Å². The zero-order valence-electron chi connectivity index (χ0n) is 11.3. The van der Waals surface area contributed by atoms with E-state index >= 15 is 0 Å². The highest BCUT2D eigenvalue weighted by Gasteiger charge is 2.33. The van der Waals surface area contributed by atoms with Crippen LogP contribution in [0.15, 0.2) is 0 Å². The Morgan fingerprint density at radius 1 is 1.53 bits per heavy atom. The summed E-state index contributed by atoms with van der Waals surface area (Å²) in [6.07, 6.45) is 3.25. The van der Waals surface area contributed by atoms with Crippen molar-refractivity contribution in [1.29, 1.82) is 0 Å². The van der Waals surface area contributed by atoms with Crippen molar-refractivity contribution in [1.82, 2.24) is 10.2 Å². The fourth-order valence-corrected chi connectivity index (χ4v) is 2.69. The molecule has 100 valence electrons. The second-order valence-electron chi connectivity index (χ2n) is 5.55. The van der Waals surface area contributed by atoms with Crippen molar-refractivity contribution < 1.29 is 9.90 Å². The molecule has 4 heteroatoms. The molecule has 1 atom stereocenters. The van der Waals surface area contributed by atoms with Crippen LogP contribution in [0.4, 0.5) is 0 Å². The molecule has 0 bridgehead atoms. The molecule has 1 unspecified atom stereocenters. The number of carboxylic acid groups (broad SMARTS) is 1. The highest BCUT2D eigenvalue weighted by Crippen LogP contribution is 2.25. The van der Waals surface area contributed by atoms with E-state index in [1.54, 1.807) is 0 Å². The van der Waals surface area contributed by atoms with E-state index in [2.05, 4.69) is 31.0 Å². The van der Waals surface area contributed by atoms with Crippen LogP contribution >= 0.6 is 0 Å². The molecule has 1 heterocycles. The van der Waals surface area contributed by atoms with Crippen LogP contribution < -0.4 is 5.32 Å². The Balaban J connectivity index is 2.70. The average Bonchev–Trinajstić information content (AvgIpc) is 2.37. The predicted molar refractivity (Wildman–Crippen MR) is 69.2 cm³/mol. The van der Waals surface area contributed by atoms with Crippen LogP contribution in [-0.4, -0.2) is 47.2 Å². The SMILES string of the molecule is CCCN1C(CCC(=O)O)CNCCC1(C)C. The molecule has 1 rings (SSSR count). The molecule has 0 aromatic rings. The summed E-state index contributed by atoms with van der Waals surface area (Å²) in [5.41, 5.74) is 0.169. The van der Waals surface area contributed by atoms with Gasteiger partial charge in [0, 0.05) is 24.5 Å². The molecule has 0 amide bonds. The molecule has 0 saturated carbocycles. The molecule has 1 fully saturated rings. The number of nitrogens with one attached hydrogen (secondary N) is 1. The number of carbonyl (C=O) groups is 1. The van der Waals surface area contributed by atoms with E-state index in [9.17, 15) is 4.79 Å². The first-order valence-corrected chi connectivity index (χ1v) is 6.66. The standard InChI is InChI=1S/C13H26N2O2/c1-4-9-15-11(5-6-12(16)17)10-14-8-7-13(15,2)3/h11,14H,4-10H2,1-3H3,(H,16,17). The first kappa shape index (κ1) is 14.5. The van der Waals surface area contributed by atoms with Crippen LogP contribution in [0.2, 0.25) is 0 Å². The van der Waals surface area contributed by atoms with E-state index in [0.717, 1.165) is 38.9 Å². The maximum Gasteiger partial charge on any atom is 0.303 e. The number of hydrogen-bond acceptors (Lipinski definition) is 3. The van der Waals surface area contributed by atoms with Crippen molar-refractivity contribution in [2.24, 2.45) is 0 Å². The van der Waals surface area contributed by atoms with Crippen molar-refractivity contribution >= 4 is 5.97 Å². The average molecular weight is 242 g/mol. The van der Waals surface area contributed by atoms with E-state index in [4.69, 9.17) is 5.11 Å². The minimum atomic E-state index is -0.691. The summed E-state index contributed by atoms with van der Waals surface area (Å²) in [4.78, 5) is 13.2. The van der Waals surface area contributed by atoms with Crippen LogP contribution in [0.1, 0.15) is 46.5 Å². The lowest BCUT2D eigenvalue weighted by atomic mass is 9.95. The van der Waals surface area contributed by atoms with Crippen molar-refractivity contribution in [3.05, 3.63) is 0 Å². The van der Waals surface area contributed by atoms with Crippen LogP contribution in [0.5, 0.6) is 0 Å². The molecule has 0 spiro atoms. The molecule has 4 nitrogen and oxygen atoms in total. The number of nitrogens with zero attached hydrogens (tertiary/aromatic N) is 1. The topological polar surface area (TPSA) is 52.6 Å². The lowest BCUT2D eigenvalue weighted by molar-refractivity contribution is -0.137. The van der Waals surface area contributed by atoms with Gasteiger partial charge in [0.05, 0.1) is 0 Å². The quantitative estimate of drug-likeness (QED) is 0.770. The van der Waals surface area contributed by atoms with Gasteiger partial charge in [0.15, 0.2) is 0 Å². The molecule has 0 aliphatic carbocycles. The van der Waals surface area contributed by atoms with Crippen molar-refractivity contribution in [2.75, 3.05) is 19.6 Å². The Labute approximate surface area is 104 Å². The summed E-state index contributed by atoms with van der Waals surface area (Å²) < 4.78 is 0. The molecule has 2 N–H and O–H groups in total. The minimum Gasteiger partial charge on any atom is -0.481 e. The van der Waals surface area contributed by atoms with Gasteiger partial charge in [0.25, 0.3) is 0 Å². The maximum absolute atomic E-state index is 10.7. The van der Waals surface area contributed by atoms with Crippen molar-refractivity contribution in [2.45, 2.75) is 58.0 Å². The normalized spacial score (nSPS) is 25.5. The van der Waals surface area contributed by atoms with E-state index in [1.807, 2.05) is 0 Å². The molecule has 1 aliphatic heterocycles. The summed E-state index contributed by atoms with van der Waals surface area (Å²) in [5, 5.41) is 12.3. The third kappa shape index (κ3) is 4.28. The number of aliphatic carboxylic acids is 1. The lowest BCUT2D eigenvalue weighted by Crippen LogP contribution is -2.51. The summed E-state index contributed by atoms with van der Waals surface area (Å²) in [6.45, 7) is 9.71. The smallest absolute Gasteiger partial charge is 0.303 e. The van der Waals surface area contributed by atoms with Gasteiger partial charge in [-0.25, -0.2) is 0 Å². The molecule has 0 radical (unpaired) electrons. The van der Waals surface area contributed by atoms with Gasteiger partial charge in [0.2, 0.25) is 0 Å². The van der Waals surface area contributed by atoms with Crippen LogP contribution in [-0.2, 0) is 4.79 Å². The van der Waals surface area contributed by atoms with Gasteiger partial charge >= 0.3 is 5.97 Å². The molecular weight excluding hydrogens is 216 g/mol. The third-order valence-electron chi connectivity index (χ3n) is 3.67. The fourth-order valence-electron chi connectivity index (χ4n) is 2.69. The Hall–Kier alpha value is -0.610. The molecule has 1 aliphatic rings. The summed E-state index contributed by atoms with van der Waals surface area (Å²) >= 11 is 0. The van der Waals surface area contributed by atoms with Crippen molar-refractivity contribution in [3.8, 4) is 0 Å². The molecule has 1 saturated heterocycles. The van der Waals surface area contributed by atoms with Gasteiger partial charge in [0.1, 0.15) is 0 Å². The monoisotopic (exact) mass is 242 g/mol. The molecule has 0 aromatic carbocycles. The van der Waals surface area contributed by atoms with E-state index in [1.165, 1.54) is 0 Å². The molecular formula is C13H26N2O2. The Morgan fingerprint density at radius 3 is 2.82 bits per heavy atom. The van der Waals surface area contributed by atoms with Gasteiger partial charge < -0.3 is 10.4 Å². The zero-order valence-corrected chi connectivity index (χ0v) is 11.3. The second kappa shape index (κ2) is 6.36. The van der Waals surface area contributed by atoms with E-state index in [-0.39, 0.29) is 12.0 Å². The first-order valence-electron chi connectivity index (χ1n) is 6.66. The molecule has 17 heavy (non-hydrogen) atoms. The lowest BCUT2D eigenvalue weighted by Gasteiger charge is -2.42. The Bertz CT molecular complexity index is 254. The van der Waals surface area contributed by atoms with Crippen LogP contribution in [0, 0.1) is 0 Å². The van der Waals surface area contributed by atoms with Gasteiger partial charge in [-0.2, -0.15) is 0 Å². The predicted octanol–water partition coefficient (Wildman–Crippen LogP) is 1.70. The van der Waals surface area contributed by atoms with Gasteiger partial charge in [-0.05, 0) is 46.2 Å².